The Morgan fingerprint density at radius 2 is 2.33 bits per heavy atom. The van der Waals surface area contributed by atoms with E-state index >= 15 is 0 Å². The summed E-state index contributed by atoms with van der Waals surface area (Å²) in [5.74, 6) is -0.121. The van der Waals surface area contributed by atoms with Gasteiger partial charge in [-0.15, -0.1) is 0 Å². The Bertz CT molecular complexity index is 467. The Hall–Kier alpha value is -1.47. The third-order valence-electron chi connectivity index (χ3n) is 3.32. The fourth-order valence-corrected chi connectivity index (χ4v) is 2.22. The van der Waals surface area contributed by atoms with E-state index in [1.54, 1.807) is 7.11 Å². The molecule has 1 aromatic carbocycles. The lowest BCUT2D eigenvalue weighted by atomic mass is 10.1. The molecule has 2 rings (SSSR count). The molecule has 0 spiro atoms. The Morgan fingerprint density at radius 1 is 1.48 bits per heavy atom. The average Bonchev–Trinajstić information content (AvgIpc) is 2.91. The number of nitrogens with one attached hydrogen (secondary N) is 2. The average molecular weight is 294 g/mol. The van der Waals surface area contributed by atoms with E-state index in [1.807, 2.05) is 24.3 Å². The van der Waals surface area contributed by atoms with Gasteiger partial charge in [-0.2, -0.15) is 0 Å². The summed E-state index contributed by atoms with van der Waals surface area (Å²) in [6.45, 7) is 2.04. The predicted octanol–water partition coefficient (Wildman–Crippen LogP) is 0.511. The zero-order chi connectivity index (χ0) is 15.1. The van der Waals surface area contributed by atoms with Gasteiger partial charge >= 0.3 is 0 Å². The van der Waals surface area contributed by atoms with Crippen LogP contribution in [0.3, 0.4) is 0 Å². The third-order valence-corrected chi connectivity index (χ3v) is 3.32. The van der Waals surface area contributed by atoms with Crippen molar-refractivity contribution in [2.75, 3.05) is 32.2 Å². The predicted molar refractivity (Wildman–Crippen MR) is 79.0 cm³/mol. The first kappa shape index (κ1) is 15.9. The first-order valence-electron chi connectivity index (χ1n) is 7.07. The molecule has 116 valence electrons. The van der Waals surface area contributed by atoms with Gasteiger partial charge in [-0.25, -0.2) is 0 Å². The van der Waals surface area contributed by atoms with Crippen LogP contribution in [0.15, 0.2) is 24.3 Å². The molecule has 2 atom stereocenters. The zero-order valence-corrected chi connectivity index (χ0v) is 12.2. The molecule has 1 aromatic rings. The van der Waals surface area contributed by atoms with E-state index in [0.29, 0.717) is 32.8 Å². The van der Waals surface area contributed by atoms with Gasteiger partial charge < -0.3 is 25.2 Å². The van der Waals surface area contributed by atoms with Crippen LogP contribution < -0.4 is 10.6 Å². The number of aliphatic hydroxyl groups excluding tert-OH is 1. The largest absolute Gasteiger partial charge is 0.392 e. The second-order valence-corrected chi connectivity index (χ2v) is 5.09. The Labute approximate surface area is 124 Å². The van der Waals surface area contributed by atoms with Crippen molar-refractivity contribution in [3.8, 4) is 0 Å². The van der Waals surface area contributed by atoms with Crippen molar-refractivity contribution in [2.24, 2.45) is 0 Å². The monoisotopic (exact) mass is 294 g/mol. The standard InChI is InChI=1S/C15H22N2O4/c1-20-5-6-21-10-11-3-2-4-12(7-11)17-15(19)14-8-13(18)9-16-14/h2-4,7,13-14,16,18H,5-6,8-10H2,1H3,(H,17,19). The van der Waals surface area contributed by atoms with Crippen LogP contribution in [0.2, 0.25) is 0 Å². The first-order valence-corrected chi connectivity index (χ1v) is 7.07. The number of anilines is 1. The minimum atomic E-state index is -0.443. The van der Waals surface area contributed by atoms with E-state index in [0.717, 1.165) is 11.3 Å². The van der Waals surface area contributed by atoms with Crippen LogP contribution in [0.4, 0.5) is 5.69 Å². The number of amides is 1. The maximum atomic E-state index is 12.0. The van der Waals surface area contributed by atoms with Crippen molar-refractivity contribution in [3.63, 3.8) is 0 Å². The van der Waals surface area contributed by atoms with Crippen LogP contribution in [0.25, 0.3) is 0 Å². The van der Waals surface area contributed by atoms with Crippen molar-refractivity contribution in [1.82, 2.24) is 5.32 Å². The SMILES string of the molecule is COCCOCc1cccc(NC(=O)C2CC(O)CN2)c1. The van der Waals surface area contributed by atoms with Crippen molar-refractivity contribution < 1.29 is 19.4 Å². The van der Waals surface area contributed by atoms with Gasteiger partial charge in [0.05, 0.1) is 32.0 Å². The van der Waals surface area contributed by atoms with Gasteiger partial charge in [-0.05, 0) is 24.1 Å². The van der Waals surface area contributed by atoms with E-state index in [2.05, 4.69) is 10.6 Å². The number of hydrogen-bond donors (Lipinski definition) is 3. The number of ether oxygens (including phenoxy) is 2. The molecule has 1 aliphatic heterocycles. The number of β-amino-alcohol motifs (C(OH)–C–C–N with tert-alkyl or cyclic N) is 1. The summed E-state index contributed by atoms with van der Waals surface area (Å²) in [7, 11) is 1.63. The topological polar surface area (TPSA) is 79.8 Å². The quantitative estimate of drug-likeness (QED) is 0.639. The smallest absolute Gasteiger partial charge is 0.241 e. The molecule has 1 saturated heterocycles. The minimum Gasteiger partial charge on any atom is -0.392 e. The highest BCUT2D eigenvalue weighted by Crippen LogP contribution is 2.14. The summed E-state index contributed by atoms with van der Waals surface area (Å²) >= 11 is 0. The minimum absolute atomic E-state index is 0.121. The second-order valence-electron chi connectivity index (χ2n) is 5.09. The maximum absolute atomic E-state index is 12.0. The van der Waals surface area contributed by atoms with E-state index in [-0.39, 0.29) is 11.9 Å². The molecule has 0 radical (unpaired) electrons. The molecule has 0 aromatic heterocycles. The van der Waals surface area contributed by atoms with Crippen molar-refractivity contribution >= 4 is 11.6 Å². The fraction of sp³-hybridized carbons (Fsp3) is 0.533. The Kier molecular flexibility index (Phi) is 6.13. The van der Waals surface area contributed by atoms with Crippen molar-refractivity contribution in [2.45, 2.75) is 25.2 Å². The molecule has 6 heteroatoms. The number of rotatable bonds is 7. The number of aliphatic hydroxyl groups is 1. The van der Waals surface area contributed by atoms with Gasteiger partial charge in [0.1, 0.15) is 0 Å². The molecule has 0 saturated carbocycles. The highest BCUT2D eigenvalue weighted by molar-refractivity contribution is 5.95. The second kappa shape index (κ2) is 8.09. The molecule has 21 heavy (non-hydrogen) atoms. The van der Waals surface area contributed by atoms with Crippen molar-refractivity contribution in [3.05, 3.63) is 29.8 Å². The molecule has 1 fully saturated rings. The summed E-state index contributed by atoms with van der Waals surface area (Å²) in [5.41, 5.74) is 1.72. The highest BCUT2D eigenvalue weighted by atomic mass is 16.5. The molecule has 1 amide bonds. The lowest BCUT2D eigenvalue weighted by Crippen LogP contribution is -2.35. The number of carbonyl (C=O) groups is 1. The molecular weight excluding hydrogens is 272 g/mol. The first-order chi connectivity index (χ1) is 10.2. The van der Waals surface area contributed by atoms with Crippen LogP contribution in [-0.2, 0) is 20.9 Å². The van der Waals surface area contributed by atoms with Gasteiger partial charge in [-0.3, -0.25) is 4.79 Å². The fourth-order valence-electron chi connectivity index (χ4n) is 2.22. The van der Waals surface area contributed by atoms with E-state index in [9.17, 15) is 9.90 Å². The zero-order valence-electron chi connectivity index (χ0n) is 12.2. The number of hydrogen-bond acceptors (Lipinski definition) is 5. The maximum Gasteiger partial charge on any atom is 0.241 e. The number of methoxy groups -OCH3 is 1. The molecule has 2 unspecified atom stereocenters. The van der Waals surface area contributed by atoms with Crippen molar-refractivity contribution in [1.29, 1.82) is 0 Å². The van der Waals surface area contributed by atoms with Gasteiger partial charge in [0.15, 0.2) is 0 Å². The lowest BCUT2D eigenvalue weighted by Gasteiger charge is -2.12. The summed E-state index contributed by atoms with van der Waals surface area (Å²) in [6, 6.07) is 7.21. The van der Waals surface area contributed by atoms with Crippen LogP contribution in [0.5, 0.6) is 0 Å². The highest BCUT2D eigenvalue weighted by Gasteiger charge is 2.27. The van der Waals surface area contributed by atoms with Gasteiger partial charge in [0.2, 0.25) is 5.91 Å². The molecule has 6 nitrogen and oxygen atoms in total. The number of carbonyl (C=O) groups excluding carboxylic acids is 1. The van der Waals surface area contributed by atoms with Crippen LogP contribution >= 0.6 is 0 Å². The molecule has 1 heterocycles. The van der Waals surface area contributed by atoms with Gasteiger partial charge in [0, 0.05) is 19.3 Å². The van der Waals surface area contributed by atoms with Crippen LogP contribution in [-0.4, -0.2) is 50.0 Å². The van der Waals surface area contributed by atoms with Gasteiger partial charge in [0.25, 0.3) is 0 Å². The normalized spacial score (nSPS) is 21.4. The Balaban J connectivity index is 1.84. The summed E-state index contributed by atoms with van der Waals surface area (Å²) in [5, 5.41) is 15.3. The molecule has 3 N–H and O–H groups in total. The van der Waals surface area contributed by atoms with E-state index < -0.39 is 6.10 Å². The third kappa shape index (κ3) is 5.09. The van der Waals surface area contributed by atoms with Gasteiger partial charge in [-0.1, -0.05) is 12.1 Å². The Morgan fingerprint density at radius 3 is 3.05 bits per heavy atom. The number of benzene rings is 1. The lowest BCUT2D eigenvalue weighted by molar-refractivity contribution is -0.117. The summed E-state index contributed by atoms with van der Waals surface area (Å²) < 4.78 is 10.4. The van der Waals surface area contributed by atoms with Crippen LogP contribution in [0, 0.1) is 0 Å². The summed E-state index contributed by atoms with van der Waals surface area (Å²) in [6.07, 6.45) is 0.00678. The molecule has 0 aliphatic carbocycles. The van der Waals surface area contributed by atoms with E-state index in [4.69, 9.17) is 9.47 Å². The van der Waals surface area contributed by atoms with Crippen LogP contribution in [0.1, 0.15) is 12.0 Å². The molecule has 1 aliphatic rings. The molecule has 0 bridgehead atoms. The summed E-state index contributed by atoms with van der Waals surface area (Å²) in [4.78, 5) is 12.0. The molecular formula is C15H22N2O4. The van der Waals surface area contributed by atoms with E-state index in [1.165, 1.54) is 0 Å².